The average molecular weight is 429 g/mol. The molecule has 32 heavy (non-hydrogen) atoms. The molecule has 164 valence electrons. The van der Waals surface area contributed by atoms with E-state index in [9.17, 15) is 5.11 Å². The normalized spacial score (nSPS) is 17.6. The summed E-state index contributed by atoms with van der Waals surface area (Å²) in [6.07, 6.45) is 2.80. The second-order valence-electron chi connectivity index (χ2n) is 8.57. The van der Waals surface area contributed by atoms with E-state index in [1.165, 1.54) is 5.56 Å². The largest absolute Gasteiger partial charge is 0.390 e. The Balaban J connectivity index is 1.46. The zero-order chi connectivity index (χ0) is 22.1. The number of fused-ring (bicyclic) bond motifs is 2. The number of aromatic nitrogens is 4. The third-order valence-electron chi connectivity index (χ3n) is 6.01. The molecule has 2 aromatic heterocycles. The molecule has 3 N–H and O–H groups in total. The van der Waals surface area contributed by atoms with E-state index >= 15 is 0 Å². The van der Waals surface area contributed by atoms with E-state index in [-0.39, 0.29) is 12.1 Å². The molecule has 2 heterocycles. The Labute approximate surface area is 187 Å². The highest BCUT2D eigenvalue weighted by Gasteiger charge is 2.32. The fourth-order valence-corrected chi connectivity index (χ4v) is 4.33. The highest BCUT2D eigenvalue weighted by atomic mass is 16.3. The Morgan fingerprint density at radius 3 is 2.66 bits per heavy atom. The van der Waals surface area contributed by atoms with Gasteiger partial charge in [0.15, 0.2) is 17.0 Å². The predicted octanol–water partition coefficient (Wildman–Crippen LogP) is 4.13. The summed E-state index contributed by atoms with van der Waals surface area (Å²) in [6, 6.07) is 18.5. The maximum atomic E-state index is 10.7. The van der Waals surface area contributed by atoms with Crippen LogP contribution in [0.1, 0.15) is 42.6 Å². The van der Waals surface area contributed by atoms with E-state index in [4.69, 9.17) is 9.97 Å². The Hall–Kier alpha value is -3.45. The van der Waals surface area contributed by atoms with Crippen LogP contribution in [0, 0.1) is 0 Å². The number of hydrogen-bond acceptors (Lipinski definition) is 6. The van der Waals surface area contributed by atoms with Gasteiger partial charge < -0.3 is 20.3 Å². The standard InChI is InChI=1S/C25H28N6O/c1-16(2)31-15-27-22-23(28-21-19-11-7-6-10-18(19)14-20(21)32)29-25(30-24(22)31)26-13-12-17-8-4-3-5-9-17/h3-11,15-16,20-21,32H,12-14H2,1-2H3,(H2,26,28,29,30). The molecular weight excluding hydrogens is 400 g/mol. The van der Waals surface area contributed by atoms with Crippen LogP contribution in [0.4, 0.5) is 11.8 Å². The van der Waals surface area contributed by atoms with Crippen LogP contribution >= 0.6 is 0 Å². The van der Waals surface area contributed by atoms with E-state index in [1.54, 1.807) is 0 Å². The zero-order valence-corrected chi connectivity index (χ0v) is 18.4. The number of aliphatic hydroxyl groups is 1. The molecule has 5 rings (SSSR count). The van der Waals surface area contributed by atoms with Crippen molar-refractivity contribution in [3.8, 4) is 0 Å². The highest BCUT2D eigenvalue weighted by Crippen LogP contribution is 2.35. The van der Waals surface area contributed by atoms with Gasteiger partial charge in [0, 0.05) is 19.0 Å². The number of anilines is 2. The minimum Gasteiger partial charge on any atom is -0.390 e. The quantitative estimate of drug-likeness (QED) is 0.410. The Morgan fingerprint density at radius 1 is 1.06 bits per heavy atom. The summed E-state index contributed by atoms with van der Waals surface area (Å²) in [5.74, 6) is 1.19. The Kier molecular flexibility index (Phi) is 5.49. The van der Waals surface area contributed by atoms with Crippen LogP contribution in [-0.4, -0.2) is 37.3 Å². The average Bonchev–Trinajstić information content (AvgIpc) is 3.36. The summed E-state index contributed by atoms with van der Waals surface area (Å²) in [4.78, 5) is 14.1. The molecule has 1 aliphatic rings. The van der Waals surface area contributed by atoms with Gasteiger partial charge in [-0.05, 0) is 37.0 Å². The van der Waals surface area contributed by atoms with E-state index < -0.39 is 6.10 Å². The Morgan fingerprint density at radius 2 is 1.84 bits per heavy atom. The van der Waals surface area contributed by atoms with Crippen molar-refractivity contribution < 1.29 is 5.11 Å². The number of nitrogens with zero attached hydrogens (tertiary/aromatic N) is 4. The summed E-state index contributed by atoms with van der Waals surface area (Å²) < 4.78 is 2.05. The monoisotopic (exact) mass is 428 g/mol. The lowest BCUT2D eigenvalue weighted by molar-refractivity contribution is 0.165. The van der Waals surface area contributed by atoms with Crippen LogP contribution in [0.3, 0.4) is 0 Å². The number of rotatable bonds is 7. The van der Waals surface area contributed by atoms with Crippen LogP contribution in [0.2, 0.25) is 0 Å². The van der Waals surface area contributed by atoms with Crippen molar-refractivity contribution in [2.24, 2.45) is 0 Å². The molecule has 0 saturated carbocycles. The Bertz CT molecular complexity index is 1220. The van der Waals surface area contributed by atoms with Crippen molar-refractivity contribution in [2.75, 3.05) is 17.2 Å². The molecular formula is C25H28N6O. The third kappa shape index (κ3) is 3.91. The van der Waals surface area contributed by atoms with Gasteiger partial charge in [-0.1, -0.05) is 54.6 Å². The fraction of sp³-hybridized carbons (Fsp3) is 0.320. The molecule has 4 aromatic rings. The van der Waals surface area contributed by atoms with Crippen LogP contribution in [-0.2, 0) is 12.8 Å². The number of aliphatic hydroxyl groups excluding tert-OH is 1. The minimum absolute atomic E-state index is 0.220. The molecule has 0 saturated heterocycles. The molecule has 0 bridgehead atoms. The summed E-state index contributed by atoms with van der Waals surface area (Å²) in [5.41, 5.74) is 5.02. The summed E-state index contributed by atoms with van der Waals surface area (Å²) in [6.45, 7) is 4.94. The van der Waals surface area contributed by atoms with Crippen molar-refractivity contribution >= 4 is 22.9 Å². The molecule has 2 aromatic carbocycles. The van der Waals surface area contributed by atoms with Crippen molar-refractivity contribution in [3.05, 3.63) is 77.6 Å². The second-order valence-corrected chi connectivity index (χ2v) is 8.57. The molecule has 7 heteroatoms. The van der Waals surface area contributed by atoms with Gasteiger partial charge in [0.2, 0.25) is 5.95 Å². The molecule has 0 amide bonds. The first-order valence-electron chi connectivity index (χ1n) is 11.1. The molecule has 0 fully saturated rings. The van der Waals surface area contributed by atoms with Gasteiger partial charge >= 0.3 is 0 Å². The van der Waals surface area contributed by atoms with E-state index in [0.717, 1.165) is 29.7 Å². The van der Waals surface area contributed by atoms with Gasteiger partial charge in [-0.2, -0.15) is 9.97 Å². The smallest absolute Gasteiger partial charge is 0.226 e. The van der Waals surface area contributed by atoms with Crippen LogP contribution < -0.4 is 10.6 Å². The van der Waals surface area contributed by atoms with Crippen molar-refractivity contribution in [2.45, 2.75) is 44.9 Å². The first kappa shape index (κ1) is 20.5. The van der Waals surface area contributed by atoms with Crippen molar-refractivity contribution in [1.82, 2.24) is 19.5 Å². The third-order valence-corrected chi connectivity index (χ3v) is 6.01. The van der Waals surface area contributed by atoms with Gasteiger partial charge in [0.1, 0.15) is 0 Å². The van der Waals surface area contributed by atoms with Gasteiger partial charge in [0.25, 0.3) is 0 Å². The summed E-state index contributed by atoms with van der Waals surface area (Å²) in [5, 5.41) is 17.6. The maximum absolute atomic E-state index is 10.7. The molecule has 0 spiro atoms. The van der Waals surface area contributed by atoms with Crippen LogP contribution in [0.5, 0.6) is 0 Å². The maximum Gasteiger partial charge on any atom is 0.226 e. The number of hydrogen-bond donors (Lipinski definition) is 3. The summed E-state index contributed by atoms with van der Waals surface area (Å²) in [7, 11) is 0. The van der Waals surface area contributed by atoms with Gasteiger partial charge in [-0.25, -0.2) is 4.98 Å². The second kappa shape index (κ2) is 8.59. The van der Waals surface area contributed by atoms with E-state index in [2.05, 4.69) is 53.7 Å². The molecule has 0 aliphatic heterocycles. The number of nitrogens with one attached hydrogen (secondary N) is 2. The lowest BCUT2D eigenvalue weighted by Crippen LogP contribution is -2.22. The molecule has 2 unspecified atom stereocenters. The van der Waals surface area contributed by atoms with E-state index in [0.29, 0.717) is 23.7 Å². The lowest BCUT2D eigenvalue weighted by Gasteiger charge is -2.19. The molecule has 0 radical (unpaired) electrons. The highest BCUT2D eigenvalue weighted by molar-refractivity contribution is 5.84. The first-order chi connectivity index (χ1) is 15.6. The topological polar surface area (TPSA) is 87.9 Å². The zero-order valence-electron chi connectivity index (χ0n) is 18.4. The van der Waals surface area contributed by atoms with Crippen LogP contribution in [0.15, 0.2) is 60.9 Å². The van der Waals surface area contributed by atoms with Gasteiger partial charge in [-0.3, -0.25) is 0 Å². The van der Waals surface area contributed by atoms with Gasteiger partial charge in [-0.15, -0.1) is 0 Å². The molecule has 7 nitrogen and oxygen atoms in total. The predicted molar refractivity (Wildman–Crippen MR) is 127 cm³/mol. The van der Waals surface area contributed by atoms with Crippen molar-refractivity contribution in [1.29, 1.82) is 0 Å². The SMILES string of the molecule is CC(C)n1cnc2c(NC3c4ccccc4CC3O)nc(NCCc3ccccc3)nc21. The first-order valence-corrected chi connectivity index (χ1v) is 11.1. The minimum atomic E-state index is -0.515. The fourth-order valence-electron chi connectivity index (χ4n) is 4.33. The van der Waals surface area contributed by atoms with Crippen molar-refractivity contribution in [3.63, 3.8) is 0 Å². The van der Waals surface area contributed by atoms with Gasteiger partial charge in [0.05, 0.1) is 18.5 Å². The summed E-state index contributed by atoms with van der Waals surface area (Å²) >= 11 is 0. The number of imidazole rings is 1. The van der Waals surface area contributed by atoms with E-state index in [1.807, 2.05) is 41.2 Å². The molecule has 1 aliphatic carbocycles. The molecule has 2 atom stereocenters. The lowest BCUT2D eigenvalue weighted by atomic mass is 10.1. The van der Waals surface area contributed by atoms with Crippen LogP contribution in [0.25, 0.3) is 11.2 Å². The number of benzene rings is 2.